The number of ketones is 1. The number of aliphatic imine (C=N–C) groups is 1. The molecule has 2 atom stereocenters. The molecule has 0 aromatic heterocycles. The normalized spacial score (nSPS) is 25.2. The van der Waals surface area contributed by atoms with Crippen LogP contribution in [0.3, 0.4) is 0 Å². The Balaban J connectivity index is 2.17. The Morgan fingerprint density at radius 2 is 2.24 bits per heavy atom. The van der Waals surface area contributed by atoms with Crippen LogP contribution in [-0.4, -0.2) is 50.1 Å². The van der Waals surface area contributed by atoms with E-state index < -0.39 is 5.54 Å². The van der Waals surface area contributed by atoms with E-state index in [1.54, 1.807) is 19.9 Å². The Morgan fingerprint density at radius 1 is 1.52 bits per heavy atom. The lowest BCUT2D eigenvalue weighted by Gasteiger charge is -2.27. The summed E-state index contributed by atoms with van der Waals surface area (Å²) in [6, 6.07) is -0.328. The van der Waals surface area contributed by atoms with E-state index >= 15 is 0 Å². The van der Waals surface area contributed by atoms with E-state index in [0.29, 0.717) is 28.5 Å². The van der Waals surface area contributed by atoms with Gasteiger partial charge in [-0.05, 0) is 31.9 Å². The Kier molecular flexibility index (Phi) is 6.05. The number of nitrogens with zero attached hydrogens (tertiary/aromatic N) is 2. The molecule has 1 aliphatic heterocycles. The Hall–Kier alpha value is -2.09. The Morgan fingerprint density at radius 3 is 2.84 bits per heavy atom. The molecule has 0 saturated heterocycles. The number of oxime groups is 1. The van der Waals surface area contributed by atoms with Crippen molar-refractivity contribution in [2.24, 2.45) is 10.1 Å². The van der Waals surface area contributed by atoms with Gasteiger partial charge in [-0.15, -0.1) is 11.8 Å². The van der Waals surface area contributed by atoms with E-state index in [9.17, 15) is 14.7 Å². The second-order valence-corrected chi connectivity index (χ2v) is 7.38. The van der Waals surface area contributed by atoms with Gasteiger partial charge in [-0.3, -0.25) is 14.6 Å². The van der Waals surface area contributed by atoms with E-state index in [2.05, 4.69) is 15.5 Å². The van der Waals surface area contributed by atoms with Crippen LogP contribution in [0, 0.1) is 0 Å². The van der Waals surface area contributed by atoms with Crippen LogP contribution in [-0.2, 0) is 9.59 Å². The zero-order chi connectivity index (χ0) is 18.6. The van der Waals surface area contributed by atoms with Crippen molar-refractivity contribution < 1.29 is 19.9 Å². The molecule has 25 heavy (non-hydrogen) atoms. The van der Waals surface area contributed by atoms with Gasteiger partial charge >= 0.3 is 0 Å². The van der Waals surface area contributed by atoms with Crippen molar-refractivity contribution in [2.45, 2.75) is 51.6 Å². The zero-order valence-electron chi connectivity index (χ0n) is 14.6. The molecule has 2 rings (SSSR count). The average molecular weight is 365 g/mol. The van der Waals surface area contributed by atoms with E-state index in [1.165, 1.54) is 17.8 Å². The van der Waals surface area contributed by atoms with Crippen LogP contribution in [0.25, 0.3) is 0 Å². The van der Waals surface area contributed by atoms with Crippen molar-refractivity contribution in [2.75, 3.05) is 5.75 Å². The predicted octanol–water partition coefficient (Wildman–Crippen LogP) is 2.37. The van der Waals surface area contributed by atoms with Crippen LogP contribution in [0.4, 0.5) is 0 Å². The van der Waals surface area contributed by atoms with Gasteiger partial charge in [0.2, 0.25) is 5.91 Å². The third-order valence-electron chi connectivity index (χ3n) is 4.14. The Bertz CT molecular complexity index is 696. The van der Waals surface area contributed by atoms with Crippen molar-refractivity contribution in [3.63, 3.8) is 0 Å². The maximum absolute atomic E-state index is 12.8. The van der Waals surface area contributed by atoms with Crippen LogP contribution in [0.15, 0.2) is 33.6 Å². The lowest BCUT2D eigenvalue weighted by Crippen LogP contribution is -2.48. The molecule has 1 amide bonds. The minimum absolute atomic E-state index is 0.0840. The summed E-state index contributed by atoms with van der Waals surface area (Å²) >= 11 is 1.37. The van der Waals surface area contributed by atoms with E-state index in [-0.39, 0.29) is 29.9 Å². The van der Waals surface area contributed by atoms with Gasteiger partial charge in [0.05, 0.1) is 6.04 Å². The van der Waals surface area contributed by atoms with Crippen LogP contribution in [0.1, 0.15) is 40.0 Å². The summed E-state index contributed by atoms with van der Waals surface area (Å²) in [5.41, 5.74) is 0.115. The van der Waals surface area contributed by atoms with Crippen LogP contribution in [0.2, 0.25) is 0 Å². The summed E-state index contributed by atoms with van der Waals surface area (Å²) in [5, 5.41) is 25.2. The van der Waals surface area contributed by atoms with Crippen molar-refractivity contribution in [1.29, 1.82) is 0 Å². The number of thioether (sulfide) groups is 1. The maximum Gasteiger partial charge on any atom is 0.249 e. The molecule has 0 fully saturated rings. The zero-order valence-corrected chi connectivity index (χ0v) is 15.4. The molecule has 1 heterocycles. The first-order valence-corrected chi connectivity index (χ1v) is 9.14. The van der Waals surface area contributed by atoms with Gasteiger partial charge in [0, 0.05) is 18.2 Å². The summed E-state index contributed by atoms with van der Waals surface area (Å²) in [5.74, 6) is -0.0628. The SMILES string of the molecule is CCC[C@@H](NC(=O)[C@]1(C)CSC(/C(C)=N/O)=N1)C1=CC(O)=CC(=O)C1. The molecule has 7 nitrogen and oxygen atoms in total. The minimum atomic E-state index is -0.963. The molecule has 0 bridgehead atoms. The number of allylic oxidation sites excluding steroid dienone is 2. The van der Waals surface area contributed by atoms with Gasteiger partial charge in [0.1, 0.15) is 22.1 Å². The molecule has 0 unspecified atom stereocenters. The number of carbonyl (C=O) groups is 2. The fourth-order valence-corrected chi connectivity index (χ4v) is 3.85. The van der Waals surface area contributed by atoms with E-state index in [1.807, 2.05) is 6.92 Å². The topological polar surface area (TPSA) is 111 Å². The lowest BCUT2D eigenvalue weighted by atomic mass is 9.92. The molecule has 8 heteroatoms. The number of hydrogen-bond acceptors (Lipinski definition) is 7. The molecule has 1 aliphatic carbocycles. The fraction of sp³-hybridized carbons (Fsp3) is 0.529. The van der Waals surface area contributed by atoms with E-state index in [0.717, 1.165) is 6.42 Å². The van der Waals surface area contributed by atoms with Crippen molar-refractivity contribution in [3.8, 4) is 0 Å². The molecule has 0 saturated carbocycles. The largest absolute Gasteiger partial charge is 0.508 e. The standard InChI is InChI=1S/C17H23N3O4S/c1-4-5-14(11-6-12(21)8-13(22)7-11)18-16(23)17(3)9-25-15(19-17)10(2)20-24/h6,8,14,21,24H,4-5,7,9H2,1-3H3,(H,18,23)/b20-10+/t14-,17+/m1/s1. The number of carbonyl (C=O) groups excluding carboxylic acids is 2. The summed E-state index contributed by atoms with van der Waals surface area (Å²) in [4.78, 5) is 28.9. The maximum atomic E-state index is 12.8. The first-order chi connectivity index (χ1) is 11.8. The summed E-state index contributed by atoms with van der Waals surface area (Å²) in [6.07, 6.45) is 4.40. The molecular weight excluding hydrogens is 342 g/mol. The van der Waals surface area contributed by atoms with Crippen LogP contribution < -0.4 is 5.32 Å². The second kappa shape index (κ2) is 7.86. The number of nitrogens with one attached hydrogen (secondary N) is 1. The molecule has 0 radical (unpaired) electrons. The summed E-state index contributed by atoms with van der Waals surface area (Å²) in [6.45, 7) is 5.35. The molecule has 136 valence electrons. The number of rotatable bonds is 6. The van der Waals surface area contributed by atoms with Crippen molar-refractivity contribution >= 4 is 34.2 Å². The van der Waals surface area contributed by atoms with E-state index in [4.69, 9.17) is 5.21 Å². The van der Waals surface area contributed by atoms with Crippen molar-refractivity contribution in [1.82, 2.24) is 5.32 Å². The van der Waals surface area contributed by atoms with Gasteiger partial charge < -0.3 is 15.6 Å². The Labute approximate surface area is 151 Å². The molecule has 3 N–H and O–H groups in total. The fourth-order valence-electron chi connectivity index (χ4n) is 2.72. The van der Waals surface area contributed by atoms with Gasteiger partial charge in [-0.2, -0.15) is 0 Å². The third-order valence-corrected chi connectivity index (χ3v) is 5.50. The predicted molar refractivity (Wildman–Crippen MR) is 98.5 cm³/mol. The lowest BCUT2D eigenvalue weighted by molar-refractivity contribution is -0.125. The highest BCUT2D eigenvalue weighted by Gasteiger charge is 2.40. The highest BCUT2D eigenvalue weighted by molar-refractivity contribution is 8.16. The third kappa shape index (κ3) is 4.50. The summed E-state index contributed by atoms with van der Waals surface area (Å²) < 4.78 is 0. The molecule has 0 spiro atoms. The number of aliphatic hydroxyl groups excluding tert-OH is 1. The van der Waals surface area contributed by atoms with Crippen LogP contribution in [0.5, 0.6) is 0 Å². The first-order valence-electron chi connectivity index (χ1n) is 8.15. The smallest absolute Gasteiger partial charge is 0.249 e. The molecule has 0 aromatic rings. The van der Waals surface area contributed by atoms with Gasteiger partial charge in [0.15, 0.2) is 5.78 Å². The molecule has 2 aliphatic rings. The number of amides is 1. The first kappa shape index (κ1) is 19.2. The number of hydrogen-bond donors (Lipinski definition) is 3. The van der Waals surface area contributed by atoms with Gasteiger partial charge in [-0.25, -0.2) is 0 Å². The average Bonchev–Trinajstić information content (AvgIpc) is 2.96. The van der Waals surface area contributed by atoms with Crippen molar-refractivity contribution in [3.05, 3.63) is 23.5 Å². The molecule has 0 aromatic carbocycles. The van der Waals surface area contributed by atoms with Crippen LogP contribution >= 0.6 is 11.8 Å². The van der Waals surface area contributed by atoms with Gasteiger partial charge in [-0.1, -0.05) is 18.5 Å². The monoisotopic (exact) mass is 365 g/mol. The number of aliphatic hydroxyl groups is 1. The molecular formula is C17H23N3O4S. The minimum Gasteiger partial charge on any atom is -0.508 e. The van der Waals surface area contributed by atoms with Gasteiger partial charge in [0.25, 0.3) is 0 Å². The summed E-state index contributed by atoms with van der Waals surface area (Å²) in [7, 11) is 0. The highest BCUT2D eigenvalue weighted by atomic mass is 32.2. The quantitative estimate of drug-likeness (QED) is 0.380. The highest BCUT2D eigenvalue weighted by Crippen LogP contribution is 2.29. The second-order valence-electron chi connectivity index (χ2n) is 6.41.